The van der Waals surface area contributed by atoms with Gasteiger partial charge in [-0.25, -0.2) is 4.79 Å². The number of ether oxygens (including phenoxy) is 2. The standard InChI is InChI=1S/C30H34ClN3O6S2/c1-34(13-3-8-27-32-28(33-40-27)22-17-24(38-2)19(18-35)16-23(22)31)20-9-11-21(12-10-20)39-29(36)30(37,25-6-4-14-41-25)26-7-5-15-42-26/h4-7,14-17,20-21,35,37H,3,8-13,18H2,1-2H3. The Hall–Kier alpha value is -2.80. The molecule has 0 spiro atoms. The molecule has 12 heteroatoms. The van der Waals surface area contributed by atoms with E-state index < -0.39 is 11.6 Å². The van der Waals surface area contributed by atoms with Gasteiger partial charge in [-0.1, -0.05) is 28.9 Å². The van der Waals surface area contributed by atoms with Crippen LogP contribution in [0.5, 0.6) is 5.75 Å². The number of aryl methyl sites for hydroxylation is 1. The Morgan fingerprint density at radius 1 is 1.17 bits per heavy atom. The third kappa shape index (κ3) is 6.56. The Balaban J connectivity index is 1.10. The lowest BCUT2D eigenvalue weighted by Crippen LogP contribution is -2.42. The number of benzene rings is 1. The van der Waals surface area contributed by atoms with Crippen LogP contribution in [0.3, 0.4) is 0 Å². The number of hydrogen-bond acceptors (Lipinski definition) is 11. The lowest BCUT2D eigenvalue weighted by Gasteiger charge is -2.35. The number of esters is 1. The number of halogens is 1. The molecule has 5 rings (SSSR count). The SMILES string of the molecule is COc1cc(-c2noc(CCCN(C)C3CCC(OC(=O)C(O)(c4cccs4)c4cccs4)CC3)n2)c(Cl)cc1CO. The number of hydrogen-bond donors (Lipinski definition) is 2. The second-order valence-corrected chi connectivity index (χ2v) is 12.7. The number of aliphatic hydroxyl groups is 2. The zero-order valence-corrected chi connectivity index (χ0v) is 25.9. The zero-order chi connectivity index (χ0) is 29.7. The van der Waals surface area contributed by atoms with Crippen LogP contribution in [0.1, 0.15) is 53.3 Å². The molecule has 1 aliphatic rings. The van der Waals surface area contributed by atoms with Crippen molar-refractivity contribution >= 4 is 40.2 Å². The van der Waals surface area contributed by atoms with E-state index in [2.05, 4.69) is 22.1 Å². The Kier molecular flexibility index (Phi) is 9.97. The van der Waals surface area contributed by atoms with Crippen LogP contribution in [-0.4, -0.2) is 64.1 Å². The van der Waals surface area contributed by atoms with E-state index in [0.717, 1.165) is 38.6 Å². The van der Waals surface area contributed by atoms with Gasteiger partial charge in [0.2, 0.25) is 17.3 Å². The van der Waals surface area contributed by atoms with Crippen LogP contribution in [0.25, 0.3) is 11.4 Å². The largest absolute Gasteiger partial charge is 0.496 e. The van der Waals surface area contributed by atoms with Gasteiger partial charge < -0.3 is 29.1 Å². The predicted molar refractivity (Wildman–Crippen MR) is 162 cm³/mol. The van der Waals surface area contributed by atoms with Crippen molar-refractivity contribution in [1.29, 1.82) is 0 Å². The first-order valence-corrected chi connectivity index (χ1v) is 16.0. The van der Waals surface area contributed by atoms with Crippen molar-refractivity contribution < 1.29 is 29.0 Å². The van der Waals surface area contributed by atoms with E-state index in [1.165, 1.54) is 29.8 Å². The Morgan fingerprint density at radius 2 is 1.86 bits per heavy atom. The Morgan fingerprint density at radius 3 is 2.45 bits per heavy atom. The van der Waals surface area contributed by atoms with Crippen molar-refractivity contribution in [2.24, 2.45) is 0 Å². The van der Waals surface area contributed by atoms with Crippen LogP contribution in [0.2, 0.25) is 5.02 Å². The van der Waals surface area contributed by atoms with Gasteiger partial charge in [-0.3, -0.25) is 0 Å². The lowest BCUT2D eigenvalue weighted by atomic mass is 9.91. The quantitative estimate of drug-likeness (QED) is 0.191. The summed E-state index contributed by atoms with van der Waals surface area (Å²) in [7, 11) is 3.64. The molecule has 1 aliphatic carbocycles. The Bertz CT molecular complexity index is 1420. The summed E-state index contributed by atoms with van der Waals surface area (Å²) in [5.41, 5.74) is -0.604. The van der Waals surface area contributed by atoms with E-state index >= 15 is 0 Å². The molecule has 0 amide bonds. The number of methoxy groups -OCH3 is 1. The molecule has 1 fully saturated rings. The number of carbonyl (C=O) groups is 1. The molecule has 3 aromatic heterocycles. The highest BCUT2D eigenvalue weighted by Gasteiger charge is 2.45. The summed E-state index contributed by atoms with van der Waals surface area (Å²) in [4.78, 5) is 21.3. The minimum absolute atomic E-state index is 0.185. The van der Waals surface area contributed by atoms with Gasteiger partial charge in [0, 0.05) is 23.6 Å². The molecule has 2 N–H and O–H groups in total. The van der Waals surface area contributed by atoms with Crippen molar-refractivity contribution in [3.05, 3.63) is 73.4 Å². The smallest absolute Gasteiger partial charge is 0.349 e. The van der Waals surface area contributed by atoms with Crippen LogP contribution in [0.4, 0.5) is 0 Å². The molecule has 4 aromatic rings. The molecule has 0 unspecified atom stereocenters. The molecule has 0 bridgehead atoms. The maximum Gasteiger partial charge on any atom is 0.349 e. The normalized spacial score (nSPS) is 17.5. The fourth-order valence-electron chi connectivity index (χ4n) is 5.34. The van der Waals surface area contributed by atoms with Gasteiger partial charge in [-0.05, 0) is 80.7 Å². The second kappa shape index (κ2) is 13.7. The first kappa shape index (κ1) is 30.7. The molecule has 224 valence electrons. The summed E-state index contributed by atoms with van der Waals surface area (Å²) in [5, 5.41) is 29.2. The van der Waals surface area contributed by atoms with Crippen molar-refractivity contribution in [3.63, 3.8) is 0 Å². The number of aromatic nitrogens is 2. The van der Waals surface area contributed by atoms with Crippen LogP contribution < -0.4 is 4.74 Å². The van der Waals surface area contributed by atoms with Crippen molar-refractivity contribution in [2.45, 2.75) is 62.9 Å². The number of thiophene rings is 2. The number of carbonyl (C=O) groups excluding carboxylic acids is 1. The van der Waals surface area contributed by atoms with E-state index in [4.69, 9.17) is 25.6 Å². The van der Waals surface area contributed by atoms with Crippen LogP contribution in [-0.2, 0) is 28.2 Å². The molecular formula is C30H34ClN3O6S2. The summed E-state index contributed by atoms with van der Waals surface area (Å²) < 4.78 is 16.7. The highest BCUT2D eigenvalue weighted by molar-refractivity contribution is 7.12. The van der Waals surface area contributed by atoms with Gasteiger partial charge in [0.1, 0.15) is 11.9 Å². The van der Waals surface area contributed by atoms with Crippen LogP contribution in [0, 0.1) is 0 Å². The first-order valence-electron chi connectivity index (χ1n) is 13.8. The molecule has 0 radical (unpaired) electrons. The highest BCUT2D eigenvalue weighted by atomic mass is 35.5. The van der Waals surface area contributed by atoms with E-state index in [1.54, 1.807) is 24.3 Å². The fourth-order valence-corrected chi connectivity index (χ4v) is 7.32. The van der Waals surface area contributed by atoms with E-state index in [0.29, 0.717) is 55.8 Å². The number of rotatable bonds is 12. The number of nitrogens with zero attached hydrogens (tertiary/aromatic N) is 3. The van der Waals surface area contributed by atoms with Gasteiger partial charge in [0.25, 0.3) is 0 Å². The predicted octanol–water partition coefficient (Wildman–Crippen LogP) is 5.67. The van der Waals surface area contributed by atoms with Gasteiger partial charge in [-0.2, -0.15) is 4.98 Å². The third-order valence-electron chi connectivity index (χ3n) is 7.74. The average molecular weight is 632 g/mol. The Labute approximate surface area is 257 Å². The topological polar surface area (TPSA) is 118 Å². The molecule has 42 heavy (non-hydrogen) atoms. The third-order valence-corrected chi connectivity index (χ3v) is 10.0. The number of aliphatic hydroxyl groups excluding tert-OH is 1. The molecular weight excluding hydrogens is 598 g/mol. The lowest BCUT2D eigenvalue weighted by molar-refractivity contribution is -0.169. The minimum atomic E-state index is -1.77. The molecule has 0 atom stereocenters. The minimum Gasteiger partial charge on any atom is -0.496 e. The fraction of sp³-hybridized carbons (Fsp3) is 0.433. The van der Waals surface area contributed by atoms with Crippen LogP contribution in [0.15, 0.2) is 51.7 Å². The molecule has 0 aliphatic heterocycles. The van der Waals surface area contributed by atoms with Gasteiger partial charge in [0.15, 0.2) is 0 Å². The zero-order valence-electron chi connectivity index (χ0n) is 23.5. The monoisotopic (exact) mass is 631 g/mol. The molecule has 1 aromatic carbocycles. The maximum atomic E-state index is 13.3. The summed E-state index contributed by atoms with van der Waals surface area (Å²) in [6.07, 6.45) is 4.54. The van der Waals surface area contributed by atoms with Gasteiger partial charge in [0.05, 0.1) is 28.5 Å². The maximum absolute atomic E-state index is 13.3. The van der Waals surface area contributed by atoms with E-state index in [1.807, 2.05) is 22.9 Å². The van der Waals surface area contributed by atoms with E-state index in [-0.39, 0.29) is 12.7 Å². The highest BCUT2D eigenvalue weighted by Crippen LogP contribution is 2.38. The molecule has 0 saturated heterocycles. The summed E-state index contributed by atoms with van der Waals surface area (Å²) in [6, 6.07) is 10.9. The summed E-state index contributed by atoms with van der Waals surface area (Å²) in [6.45, 7) is 0.665. The van der Waals surface area contributed by atoms with Gasteiger partial charge in [-0.15, -0.1) is 22.7 Å². The van der Waals surface area contributed by atoms with Crippen molar-refractivity contribution in [2.75, 3.05) is 20.7 Å². The molecule has 9 nitrogen and oxygen atoms in total. The second-order valence-electron chi connectivity index (χ2n) is 10.4. The van der Waals surface area contributed by atoms with E-state index in [9.17, 15) is 15.0 Å². The van der Waals surface area contributed by atoms with Crippen molar-refractivity contribution in [3.8, 4) is 17.1 Å². The van der Waals surface area contributed by atoms with Gasteiger partial charge >= 0.3 is 5.97 Å². The molecule has 3 heterocycles. The van der Waals surface area contributed by atoms with Crippen LogP contribution >= 0.6 is 34.3 Å². The summed E-state index contributed by atoms with van der Waals surface area (Å²) in [5.74, 6) is 0.811. The molecule has 1 saturated carbocycles. The van der Waals surface area contributed by atoms with Crippen molar-refractivity contribution in [1.82, 2.24) is 15.0 Å². The summed E-state index contributed by atoms with van der Waals surface area (Å²) >= 11 is 9.08. The first-order chi connectivity index (χ1) is 20.3. The average Bonchev–Trinajstić information content (AvgIpc) is 3.80.